The lowest BCUT2D eigenvalue weighted by Crippen LogP contribution is -2.25. The fourth-order valence-corrected chi connectivity index (χ4v) is 3.64. The lowest BCUT2D eigenvalue weighted by Gasteiger charge is -2.08. The summed E-state index contributed by atoms with van der Waals surface area (Å²) >= 11 is 0. The minimum Gasteiger partial charge on any atom is -0.334 e. The molecule has 0 spiro atoms. The molecule has 3 rings (SSSR count). The van der Waals surface area contributed by atoms with Gasteiger partial charge in [-0.25, -0.2) is 13.1 Å². The molecule has 24 heavy (non-hydrogen) atoms. The van der Waals surface area contributed by atoms with E-state index in [1.165, 1.54) is 0 Å². The van der Waals surface area contributed by atoms with Crippen molar-refractivity contribution in [2.45, 2.75) is 50.1 Å². The van der Waals surface area contributed by atoms with Gasteiger partial charge in [-0.05, 0) is 51.4 Å². The first kappa shape index (κ1) is 17.1. The van der Waals surface area contributed by atoms with E-state index >= 15 is 0 Å². The monoisotopic (exact) mass is 350 g/mol. The van der Waals surface area contributed by atoms with Gasteiger partial charge in [-0.15, -0.1) is 0 Å². The summed E-state index contributed by atoms with van der Waals surface area (Å²) < 4.78 is 32.8. The average molecular weight is 350 g/mol. The molecular formula is C16H22N4O3S. The van der Waals surface area contributed by atoms with E-state index in [0.717, 1.165) is 18.4 Å². The van der Waals surface area contributed by atoms with Gasteiger partial charge in [0.1, 0.15) is 0 Å². The van der Waals surface area contributed by atoms with Gasteiger partial charge < -0.3 is 9.84 Å². The first-order valence-corrected chi connectivity index (χ1v) is 9.50. The number of likely N-dealkylation sites (N-methyl/N-ethyl adjacent to an activating group) is 1. The van der Waals surface area contributed by atoms with Gasteiger partial charge in [-0.3, -0.25) is 0 Å². The molecular weight excluding hydrogens is 328 g/mol. The molecule has 1 heterocycles. The molecule has 1 saturated carbocycles. The van der Waals surface area contributed by atoms with Crippen LogP contribution in [0.15, 0.2) is 27.6 Å². The zero-order valence-corrected chi connectivity index (χ0v) is 14.9. The summed E-state index contributed by atoms with van der Waals surface area (Å²) in [6, 6.07) is 5.25. The Morgan fingerprint density at radius 1 is 1.38 bits per heavy atom. The van der Waals surface area contributed by atoms with Crippen LogP contribution in [0.5, 0.6) is 0 Å². The Bertz CT molecular complexity index is 828. The maximum atomic E-state index is 12.4. The van der Waals surface area contributed by atoms with Crippen molar-refractivity contribution < 1.29 is 12.9 Å². The van der Waals surface area contributed by atoms with Crippen molar-refractivity contribution in [3.05, 3.63) is 29.6 Å². The summed E-state index contributed by atoms with van der Waals surface area (Å²) in [5.41, 5.74) is 1.53. The van der Waals surface area contributed by atoms with Crippen molar-refractivity contribution in [3.63, 3.8) is 0 Å². The van der Waals surface area contributed by atoms with Crippen molar-refractivity contribution in [2.24, 2.45) is 0 Å². The van der Waals surface area contributed by atoms with Crippen molar-refractivity contribution in [2.75, 3.05) is 7.05 Å². The van der Waals surface area contributed by atoms with Gasteiger partial charge in [0.15, 0.2) is 5.82 Å². The first-order chi connectivity index (χ1) is 11.4. The molecule has 8 heteroatoms. The van der Waals surface area contributed by atoms with Gasteiger partial charge in [0.25, 0.3) is 5.89 Å². The summed E-state index contributed by atoms with van der Waals surface area (Å²) in [4.78, 5) is 4.61. The molecule has 1 aliphatic rings. The van der Waals surface area contributed by atoms with Crippen LogP contribution in [-0.4, -0.2) is 37.7 Å². The Morgan fingerprint density at radius 3 is 2.79 bits per heavy atom. The summed E-state index contributed by atoms with van der Waals surface area (Å²) in [5.74, 6) is 0.935. The second-order valence-corrected chi connectivity index (χ2v) is 8.00. The third-order valence-corrected chi connectivity index (χ3v) is 5.62. The van der Waals surface area contributed by atoms with Crippen LogP contribution in [0, 0.1) is 6.92 Å². The number of rotatable bonds is 7. The van der Waals surface area contributed by atoms with Crippen LogP contribution in [0.25, 0.3) is 11.5 Å². The number of nitrogens with one attached hydrogen (secondary N) is 2. The van der Waals surface area contributed by atoms with Crippen LogP contribution in [0.1, 0.15) is 31.2 Å². The molecule has 1 aromatic carbocycles. The molecule has 1 aromatic heterocycles. The number of aromatic nitrogens is 2. The number of aryl methyl sites for hydroxylation is 1. The van der Waals surface area contributed by atoms with Gasteiger partial charge >= 0.3 is 0 Å². The highest BCUT2D eigenvalue weighted by Crippen LogP contribution is 2.27. The van der Waals surface area contributed by atoms with Gasteiger partial charge in [0, 0.05) is 24.1 Å². The van der Waals surface area contributed by atoms with Gasteiger partial charge in [0.05, 0.1) is 4.90 Å². The van der Waals surface area contributed by atoms with E-state index in [2.05, 4.69) is 20.2 Å². The lowest BCUT2D eigenvalue weighted by atomic mass is 10.1. The van der Waals surface area contributed by atoms with Crippen LogP contribution in [-0.2, 0) is 16.4 Å². The van der Waals surface area contributed by atoms with E-state index in [0.29, 0.717) is 23.7 Å². The minimum absolute atomic E-state index is 0.0674. The Balaban J connectivity index is 1.89. The molecule has 1 atom stereocenters. The van der Waals surface area contributed by atoms with E-state index in [1.807, 2.05) is 20.9 Å². The third-order valence-electron chi connectivity index (χ3n) is 4.10. The second kappa shape index (κ2) is 6.62. The Kier molecular flexibility index (Phi) is 4.71. The van der Waals surface area contributed by atoms with Crippen LogP contribution in [0.3, 0.4) is 0 Å². The molecule has 1 unspecified atom stereocenters. The van der Waals surface area contributed by atoms with Crippen molar-refractivity contribution in [1.82, 2.24) is 20.2 Å². The molecule has 1 fully saturated rings. The topological polar surface area (TPSA) is 97.1 Å². The van der Waals surface area contributed by atoms with Crippen LogP contribution < -0.4 is 10.0 Å². The Hall–Kier alpha value is -1.77. The smallest absolute Gasteiger partial charge is 0.258 e. The molecule has 0 bridgehead atoms. The van der Waals surface area contributed by atoms with Crippen molar-refractivity contribution in [3.8, 4) is 11.5 Å². The van der Waals surface area contributed by atoms with Crippen LogP contribution >= 0.6 is 0 Å². The van der Waals surface area contributed by atoms with Crippen molar-refractivity contribution >= 4 is 10.0 Å². The minimum atomic E-state index is -3.51. The molecule has 0 aliphatic heterocycles. The fourth-order valence-electron chi connectivity index (χ4n) is 2.31. The van der Waals surface area contributed by atoms with E-state index in [-0.39, 0.29) is 17.0 Å². The van der Waals surface area contributed by atoms with E-state index in [4.69, 9.17) is 4.52 Å². The maximum absolute atomic E-state index is 12.4. The highest BCUT2D eigenvalue weighted by molar-refractivity contribution is 7.89. The third kappa shape index (κ3) is 3.82. The largest absolute Gasteiger partial charge is 0.334 e. The van der Waals surface area contributed by atoms with Gasteiger partial charge in [0.2, 0.25) is 10.0 Å². The first-order valence-electron chi connectivity index (χ1n) is 8.02. The zero-order chi connectivity index (χ0) is 17.3. The molecule has 2 aromatic rings. The maximum Gasteiger partial charge on any atom is 0.258 e. The normalized spacial score (nSPS) is 16.3. The number of sulfonamides is 1. The SMILES string of the molecule is CNC(C)Cc1noc(-c2cc(S(=O)(=O)NC3CC3)ccc2C)n1. The van der Waals surface area contributed by atoms with Crippen LogP contribution in [0.2, 0.25) is 0 Å². The quantitative estimate of drug-likeness (QED) is 0.788. The predicted molar refractivity (Wildman–Crippen MR) is 90.0 cm³/mol. The second-order valence-electron chi connectivity index (χ2n) is 6.28. The lowest BCUT2D eigenvalue weighted by molar-refractivity contribution is 0.418. The highest BCUT2D eigenvalue weighted by atomic mass is 32.2. The number of hydrogen-bond donors (Lipinski definition) is 2. The van der Waals surface area contributed by atoms with Crippen LogP contribution in [0.4, 0.5) is 0 Å². The predicted octanol–water partition coefficient (Wildman–Crippen LogP) is 1.64. The summed E-state index contributed by atoms with van der Waals surface area (Å²) in [6.07, 6.45) is 2.43. The molecule has 1 aliphatic carbocycles. The number of hydrogen-bond acceptors (Lipinski definition) is 6. The van der Waals surface area contributed by atoms with E-state index < -0.39 is 10.0 Å². The van der Waals surface area contributed by atoms with Gasteiger partial charge in [-0.1, -0.05) is 11.2 Å². The summed E-state index contributed by atoms with van der Waals surface area (Å²) in [7, 11) is -1.64. The zero-order valence-electron chi connectivity index (χ0n) is 14.0. The Labute approximate surface area is 141 Å². The highest BCUT2D eigenvalue weighted by Gasteiger charge is 2.28. The van der Waals surface area contributed by atoms with Gasteiger partial charge in [-0.2, -0.15) is 4.98 Å². The number of nitrogens with zero attached hydrogens (tertiary/aromatic N) is 2. The molecule has 0 radical (unpaired) electrons. The Morgan fingerprint density at radius 2 is 2.12 bits per heavy atom. The summed E-state index contributed by atoms with van der Waals surface area (Å²) in [5, 5.41) is 7.10. The average Bonchev–Trinajstić information content (AvgIpc) is 3.22. The molecule has 0 saturated heterocycles. The van der Waals surface area contributed by atoms with E-state index in [1.54, 1.807) is 18.2 Å². The van der Waals surface area contributed by atoms with E-state index in [9.17, 15) is 8.42 Å². The molecule has 0 amide bonds. The molecule has 7 nitrogen and oxygen atoms in total. The summed E-state index contributed by atoms with van der Waals surface area (Å²) in [6.45, 7) is 3.91. The molecule has 2 N–H and O–H groups in total. The molecule has 130 valence electrons. The standard InChI is InChI=1S/C16H22N4O3S/c1-10-4-7-13(24(21,22)20-12-5-6-12)9-14(10)16-18-15(19-23-16)8-11(2)17-3/h4,7,9,11-12,17,20H,5-6,8H2,1-3H3. The van der Waals surface area contributed by atoms with Crippen molar-refractivity contribution in [1.29, 1.82) is 0 Å². The number of benzene rings is 1. The fraction of sp³-hybridized carbons (Fsp3) is 0.500.